The Hall–Kier alpha value is -0.770. The Labute approximate surface area is 76.4 Å². The second-order valence-corrected chi connectivity index (χ2v) is 3.43. The lowest BCUT2D eigenvalue weighted by Gasteiger charge is -2.19. The predicted octanol–water partition coefficient (Wildman–Crippen LogP) is -0.147. The molecule has 0 aliphatic carbocycles. The Balaban J connectivity index is 3.96. The van der Waals surface area contributed by atoms with Crippen LogP contribution in [0.5, 0.6) is 0 Å². The first kappa shape index (κ1) is 11.2. The fraction of sp³-hybridized carbons (Fsp3) is 0.714. The number of amides is 2. The molecule has 0 aromatic rings. The standard InChI is InChI=1S/C7H13ClN2O2/c1-7(2,4-8)6(12)10-3-5(9)11/h3-4H2,1-2H3,(H2,9,11)(H,10,12). The van der Waals surface area contributed by atoms with E-state index in [-0.39, 0.29) is 18.3 Å². The topological polar surface area (TPSA) is 72.2 Å². The summed E-state index contributed by atoms with van der Waals surface area (Å²) in [6.45, 7) is 3.24. The van der Waals surface area contributed by atoms with Crippen LogP contribution in [0.1, 0.15) is 13.8 Å². The maximum absolute atomic E-state index is 11.2. The van der Waals surface area contributed by atoms with Crippen LogP contribution in [0.15, 0.2) is 0 Å². The van der Waals surface area contributed by atoms with E-state index < -0.39 is 11.3 Å². The number of nitrogens with one attached hydrogen (secondary N) is 1. The zero-order chi connectivity index (χ0) is 9.78. The van der Waals surface area contributed by atoms with Crippen LogP contribution >= 0.6 is 11.6 Å². The number of rotatable bonds is 4. The molecule has 0 spiro atoms. The Bertz CT molecular complexity index is 192. The molecule has 0 atom stereocenters. The minimum Gasteiger partial charge on any atom is -0.368 e. The van der Waals surface area contributed by atoms with Gasteiger partial charge in [0.2, 0.25) is 11.8 Å². The van der Waals surface area contributed by atoms with Crippen molar-refractivity contribution in [3.8, 4) is 0 Å². The highest BCUT2D eigenvalue weighted by molar-refractivity contribution is 6.19. The van der Waals surface area contributed by atoms with Crippen molar-refractivity contribution in [2.24, 2.45) is 11.1 Å². The molecule has 0 aliphatic rings. The van der Waals surface area contributed by atoms with E-state index in [1.54, 1.807) is 13.8 Å². The van der Waals surface area contributed by atoms with E-state index in [0.717, 1.165) is 0 Å². The van der Waals surface area contributed by atoms with Crippen molar-refractivity contribution < 1.29 is 9.59 Å². The maximum Gasteiger partial charge on any atom is 0.236 e. The summed E-state index contributed by atoms with van der Waals surface area (Å²) in [6, 6.07) is 0. The first-order valence-electron chi connectivity index (χ1n) is 3.52. The highest BCUT2D eigenvalue weighted by Crippen LogP contribution is 2.16. The highest BCUT2D eigenvalue weighted by atomic mass is 35.5. The van der Waals surface area contributed by atoms with Gasteiger partial charge < -0.3 is 11.1 Å². The lowest BCUT2D eigenvalue weighted by Crippen LogP contribution is -2.42. The molecule has 0 aromatic carbocycles. The van der Waals surface area contributed by atoms with E-state index in [2.05, 4.69) is 5.32 Å². The number of halogens is 1. The summed E-state index contributed by atoms with van der Waals surface area (Å²) in [5.41, 5.74) is 4.18. The number of carbonyl (C=O) groups is 2. The zero-order valence-corrected chi connectivity index (χ0v) is 7.94. The van der Waals surface area contributed by atoms with Crippen LogP contribution in [-0.4, -0.2) is 24.2 Å². The number of alkyl halides is 1. The monoisotopic (exact) mass is 192 g/mol. The van der Waals surface area contributed by atoms with Gasteiger partial charge in [0.15, 0.2) is 0 Å². The summed E-state index contributed by atoms with van der Waals surface area (Å²) in [5.74, 6) is -0.623. The third-order valence-corrected chi connectivity index (χ3v) is 2.04. The average molecular weight is 193 g/mol. The van der Waals surface area contributed by atoms with Crippen molar-refractivity contribution in [1.82, 2.24) is 5.32 Å². The van der Waals surface area contributed by atoms with Crippen molar-refractivity contribution in [2.45, 2.75) is 13.8 Å². The van der Waals surface area contributed by atoms with E-state index in [4.69, 9.17) is 17.3 Å². The van der Waals surface area contributed by atoms with Crippen molar-refractivity contribution >= 4 is 23.4 Å². The van der Waals surface area contributed by atoms with Gasteiger partial charge in [0.05, 0.1) is 12.0 Å². The fourth-order valence-electron chi connectivity index (χ4n) is 0.467. The van der Waals surface area contributed by atoms with Gasteiger partial charge in [-0.3, -0.25) is 9.59 Å². The van der Waals surface area contributed by atoms with E-state index in [0.29, 0.717) is 0 Å². The third kappa shape index (κ3) is 3.57. The van der Waals surface area contributed by atoms with Gasteiger partial charge in [-0.1, -0.05) is 0 Å². The van der Waals surface area contributed by atoms with Gasteiger partial charge in [0.25, 0.3) is 0 Å². The normalized spacial score (nSPS) is 10.9. The van der Waals surface area contributed by atoms with E-state index in [1.807, 2.05) is 0 Å². The average Bonchev–Trinajstić information content (AvgIpc) is 2.00. The molecular weight excluding hydrogens is 180 g/mol. The first-order chi connectivity index (χ1) is 5.40. The van der Waals surface area contributed by atoms with E-state index in [9.17, 15) is 9.59 Å². The summed E-state index contributed by atoms with van der Waals surface area (Å²) in [5, 5.41) is 2.38. The van der Waals surface area contributed by atoms with Crippen molar-refractivity contribution in [2.75, 3.05) is 12.4 Å². The fourth-order valence-corrected chi connectivity index (χ4v) is 0.589. The largest absolute Gasteiger partial charge is 0.368 e. The summed E-state index contributed by atoms with van der Waals surface area (Å²) >= 11 is 5.53. The quantitative estimate of drug-likeness (QED) is 0.609. The number of primary amides is 1. The molecule has 0 unspecified atom stereocenters. The Morgan fingerprint density at radius 2 is 2.00 bits per heavy atom. The molecule has 5 heteroatoms. The molecule has 3 N–H and O–H groups in total. The smallest absolute Gasteiger partial charge is 0.236 e. The van der Waals surface area contributed by atoms with Gasteiger partial charge in [-0.15, -0.1) is 11.6 Å². The van der Waals surface area contributed by atoms with Gasteiger partial charge in [0, 0.05) is 5.88 Å². The minimum atomic E-state index is -0.656. The molecule has 0 saturated heterocycles. The second kappa shape index (κ2) is 4.30. The lowest BCUT2D eigenvalue weighted by atomic mass is 9.95. The molecule has 0 aliphatic heterocycles. The van der Waals surface area contributed by atoms with Crippen LogP contribution in [0.2, 0.25) is 0 Å². The molecule has 12 heavy (non-hydrogen) atoms. The molecule has 0 saturated carbocycles. The summed E-state index contributed by atoms with van der Waals surface area (Å²) in [6.07, 6.45) is 0. The van der Waals surface area contributed by atoms with E-state index >= 15 is 0 Å². The number of hydrogen-bond acceptors (Lipinski definition) is 2. The predicted molar refractivity (Wildman–Crippen MR) is 46.7 cm³/mol. The van der Waals surface area contributed by atoms with E-state index in [1.165, 1.54) is 0 Å². The molecule has 0 aromatic heterocycles. The zero-order valence-electron chi connectivity index (χ0n) is 7.19. The van der Waals surface area contributed by atoms with Crippen LogP contribution in [0.4, 0.5) is 0 Å². The number of hydrogen-bond donors (Lipinski definition) is 2. The highest BCUT2D eigenvalue weighted by Gasteiger charge is 2.26. The molecule has 0 fully saturated rings. The Morgan fingerprint density at radius 3 is 2.33 bits per heavy atom. The molecule has 0 bridgehead atoms. The molecule has 0 heterocycles. The SMILES string of the molecule is CC(C)(CCl)C(=O)NCC(N)=O. The number of nitrogens with two attached hydrogens (primary N) is 1. The van der Waals surface area contributed by atoms with Crippen LogP contribution in [0.25, 0.3) is 0 Å². The second-order valence-electron chi connectivity index (χ2n) is 3.17. The molecule has 70 valence electrons. The van der Waals surface area contributed by atoms with Crippen molar-refractivity contribution in [3.05, 3.63) is 0 Å². The van der Waals surface area contributed by atoms with Gasteiger partial charge in [-0.2, -0.15) is 0 Å². The first-order valence-corrected chi connectivity index (χ1v) is 4.06. The number of carbonyl (C=O) groups excluding carboxylic acids is 2. The van der Waals surface area contributed by atoms with Crippen LogP contribution in [0.3, 0.4) is 0 Å². The van der Waals surface area contributed by atoms with Crippen LogP contribution in [-0.2, 0) is 9.59 Å². The van der Waals surface area contributed by atoms with Crippen LogP contribution < -0.4 is 11.1 Å². The Kier molecular flexibility index (Phi) is 4.03. The molecule has 0 radical (unpaired) electrons. The van der Waals surface area contributed by atoms with Gasteiger partial charge in [0.1, 0.15) is 0 Å². The lowest BCUT2D eigenvalue weighted by molar-refractivity contribution is -0.130. The summed E-state index contributed by atoms with van der Waals surface area (Å²) in [7, 11) is 0. The minimum absolute atomic E-state index is 0.140. The molecule has 4 nitrogen and oxygen atoms in total. The molecule has 0 rings (SSSR count). The maximum atomic E-state index is 11.2. The summed E-state index contributed by atoms with van der Waals surface area (Å²) in [4.78, 5) is 21.5. The molecule has 2 amide bonds. The van der Waals surface area contributed by atoms with Crippen molar-refractivity contribution in [1.29, 1.82) is 0 Å². The third-order valence-electron chi connectivity index (χ3n) is 1.37. The van der Waals surface area contributed by atoms with Crippen molar-refractivity contribution in [3.63, 3.8) is 0 Å². The molecular formula is C7H13ClN2O2. The summed E-state index contributed by atoms with van der Waals surface area (Å²) < 4.78 is 0. The van der Waals surface area contributed by atoms with Gasteiger partial charge in [-0.05, 0) is 13.8 Å². The van der Waals surface area contributed by atoms with Crippen LogP contribution in [0, 0.1) is 5.41 Å². The van der Waals surface area contributed by atoms with Gasteiger partial charge >= 0.3 is 0 Å². The van der Waals surface area contributed by atoms with Gasteiger partial charge in [-0.25, -0.2) is 0 Å². The Morgan fingerprint density at radius 1 is 1.50 bits per heavy atom.